The maximum Gasteiger partial charge on any atom is 0.0445 e. The highest BCUT2D eigenvalue weighted by atomic mass is 32.1. The Kier molecular flexibility index (Phi) is 3.93. The van der Waals surface area contributed by atoms with Crippen LogP contribution in [0.15, 0.2) is 29.6 Å². The molecule has 2 aromatic rings. The molecule has 0 radical (unpaired) electrons. The van der Waals surface area contributed by atoms with Crippen LogP contribution in [-0.4, -0.2) is 17.8 Å². The highest BCUT2D eigenvalue weighted by Gasteiger charge is 2.05. The summed E-state index contributed by atoms with van der Waals surface area (Å²) >= 11 is 1.79. The first kappa shape index (κ1) is 11.6. The summed E-state index contributed by atoms with van der Waals surface area (Å²) in [6, 6.07) is 8.84. The Hall–Kier alpha value is -0.900. The van der Waals surface area contributed by atoms with Gasteiger partial charge >= 0.3 is 0 Å². The van der Waals surface area contributed by atoms with Gasteiger partial charge < -0.3 is 10.4 Å². The van der Waals surface area contributed by atoms with Gasteiger partial charge in [0.25, 0.3) is 0 Å². The van der Waals surface area contributed by atoms with Crippen molar-refractivity contribution in [3.05, 3.63) is 35.2 Å². The Morgan fingerprint density at radius 3 is 3.00 bits per heavy atom. The number of rotatable bonds is 5. The molecule has 1 aromatic carbocycles. The fourth-order valence-electron chi connectivity index (χ4n) is 1.75. The number of thiophene rings is 1. The van der Waals surface area contributed by atoms with Crippen LogP contribution in [0.2, 0.25) is 0 Å². The molecular weight excluding hydrogens is 218 g/mol. The van der Waals surface area contributed by atoms with Gasteiger partial charge in [0.2, 0.25) is 0 Å². The second-order valence-electron chi connectivity index (χ2n) is 4.05. The van der Waals surface area contributed by atoms with Crippen molar-refractivity contribution in [3.8, 4) is 0 Å². The van der Waals surface area contributed by atoms with Gasteiger partial charge in [-0.25, -0.2) is 0 Å². The van der Waals surface area contributed by atoms with Crippen molar-refractivity contribution in [2.24, 2.45) is 0 Å². The van der Waals surface area contributed by atoms with Crippen LogP contribution in [0.3, 0.4) is 0 Å². The minimum Gasteiger partial charge on any atom is -0.396 e. The van der Waals surface area contributed by atoms with Crippen molar-refractivity contribution in [1.82, 2.24) is 5.32 Å². The van der Waals surface area contributed by atoms with Crippen molar-refractivity contribution in [2.45, 2.75) is 25.9 Å². The van der Waals surface area contributed by atoms with E-state index in [1.165, 1.54) is 15.6 Å². The van der Waals surface area contributed by atoms with Crippen LogP contribution in [0, 0.1) is 0 Å². The highest BCUT2D eigenvalue weighted by Crippen LogP contribution is 2.25. The Balaban J connectivity index is 2.04. The van der Waals surface area contributed by atoms with Gasteiger partial charge in [0, 0.05) is 23.9 Å². The number of nitrogens with one attached hydrogen (secondary N) is 1. The molecule has 1 heterocycles. The minimum atomic E-state index is 0.249. The number of hydrogen-bond acceptors (Lipinski definition) is 3. The van der Waals surface area contributed by atoms with E-state index in [1.54, 1.807) is 11.3 Å². The van der Waals surface area contributed by atoms with Gasteiger partial charge in [0.1, 0.15) is 0 Å². The molecule has 0 aliphatic heterocycles. The van der Waals surface area contributed by atoms with E-state index in [9.17, 15) is 0 Å². The summed E-state index contributed by atoms with van der Waals surface area (Å²) in [7, 11) is 0. The lowest BCUT2D eigenvalue weighted by molar-refractivity contribution is 0.269. The molecule has 2 nitrogen and oxygen atoms in total. The molecule has 0 aliphatic rings. The SMILES string of the molecule is C[C@H](CCO)NCc1csc2ccccc12. The van der Waals surface area contributed by atoms with Gasteiger partial charge in [-0.05, 0) is 35.7 Å². The maximum absolute atomic E-state index is 8.83. The molecule has 0 saturated carbocycles. The molecule has 1 aromatic heterocycles. The number of benzene rings is 1. The first-order chi connectivity index (χ1) is 7.81. The molecule has 0 saturated heterocycles. The van der Waals surface area contributed by atoms with Crippen LogP contribution < -0.4 is 5.32 Å². The van der Waals surface area contributed by atoms with E-state index < -0.39 is 0 Å². The van der Waals surface area contributed by atoms with Gasteiger partial charge in [-0.15, -0.1) is 11.3 Å². The fourth-order valence-corrected chi connectivity index (χ4v) is 2.71. The van der Waals surface area contributed by atoms with Crippen molar-refractivity contribution in [1.29, 1.82) is 0 Å². The van der Waals surface area contributed by atoms with Crippen molar-refractivity contribution in [3.63, 3.8) is 0 Å². The molecule has 16 heavy (non-hydrogen) atoms. The second-order valence-corrected chi connectivity index (χ2v) is 4.96. The van der Waals surface area contributed by atoms with E-state index in [1.807, 2.05) is 0 Å². The molecule has 86 valence electrons. The second kappa shape index (κ2) is 5.43. The third kappa shape index (κ3) is 2.61. The molecule has 0 bridgehead atoms. The lowest BCUT2D eigenvalue weighted by atomic mass is 10.1. The Labute approximate surface area is 99.9 Å². The van der Waals surface area contributed by atoms with E-state index in [2.05, 4.69) is 41.9 Å². The molecular formula is C13H17NOS. The predicted molar refractivity (Wildman–Crippen MR) is 69.8 cm³/mol. The molecule has 2 rings (SSSR count). The van der Waals surface area contributed by atoms with Gasteiger partial charge in [-0.2, -0.15) is 0 Å². The van der Waals surface area contributed by atoms with Crippen LogP contribution in [0.5, 0.6) is 0 Å². The van der Waals surface area contributed by atoms with Crippen LogP contribution in [0.4, 0.5) is 0 Å². The molecule has 0 amide bonds. The average molecular weight is 235 g/mol. The predicted octanol–water partition coefficient (Wildman–Crippen LogP) is 2.76. The zero-order valence-electron chi connectivity index (χ0n) is 9.44. The quantitative estimate of drug-likeness (QED) is 0.835. The number of fused-ring (bicyclic) bond motifs is 1. The number of aliphatic hydroxyl groups is 1. The lowest BCUT2D eigenvalue weighted by Gasteiger charge is -2.11. The summed E-state index contributed by atoms with van der Waals surface area (Å²) in [4.78, 5) is 0. The monoisotopic (exact) mass is 235 g/mol. The summed E-state index contributed by atoms with van der Waals surface area (Å²) < 4.78 is 1.34. The Morgan fingerprint density at radius 1 is 1.38 bits per heavy atom. The number of hydrogen-bond donors (Lipinski definition) is 2. The van der Waals surface area contributed by atoms with Gasteiger partial charge in [0.05, 0.1) is 0 Å². The van der Waals surface area contributed by atoms with Crippen LogP contribution >= 0.6 is 11.3 Å². The van der Waals surface area contributed by atoms with Crippen LogP contribution in [-0.2, 0) is 6.54 Å². The van der Waals surface area contributed by atoms with Gasteiger partial charge in [-0.3, -0.25) is 0 Å². The molecule has 0 spiro atoms. The number of aliphatic hydroxyl groups excluding tert-OH is 1. The molecule has 3 heteroatoms. The van der Waals surface area contributed by atoms with E-state index in [4.69, 9.17) is 5.11 Å². The first-order valence-corrected chi connectivity index (χ1v) is 6.48. The zero-order chi connectivity index (χ0) is 11.4. The van der Waals surface area contributed by atoms with E-state index in [-0.39, 0.29) is 6.61 Å². The summed E-state index contributed by atoms with van der Waals surface area (Å²) in [5.74, 6) is 0. The standard InChI is InChI=1S/C13H17NOS/c1-10(6-7-15)14-8-11-9-16-13-5-3-2-4-12(11)13/h2-5,9-10,14-15H,6-8H2,1H3/t10-/m1/s1. The minimum absolute atomic E-state index is 0.249. The van der Waals surface area contributed by atoms with Crippen molar-refractivity contribution in [2.75, 3.05) is 6.61 Å². The lowest BCUT2D eigenvalue weighted by Crippen LogP contribution is -2.26. The fraction of sp³-hybridized carbons (Fsp3) is 0.385. The molecule has 0 unspecified atom stereocenters. The maximum atomic E-state index is 8.83. The Morgan fingerprint density at radius 2 is 2.19 bits per heavy atom. The van der Waals surface area contributed by atoms with E-state index in [0.29, 0.717) is 6.04 Å². The molecule has 2 N–H and O–H groups in total. The van der Waals surface area contributed by atoms with Crippen molar-refractivity contribution >= 4 is 21.4 Å². The molecule has 1 atom stereocenters. The third-order valence-corrected chi connectivity index (χ3v) is 3.78. The largest absolute Gasteiger partial charge is 0.396 e. The summed E-state index contributed by atoms with van der Waals surface area (Å²) in [5, 5.41) is 15.8. The van der Waals surface area contributed by atoms with Crippen LogP contribution in [0.25, 0.3) is 10.1 Å². The first-order valence-electron chi connectivity index (χ1n) is 5.60. The van der Waals surface area contributed by atoms with Crippen molar-refractivity contribution < 1.29 is 5.11 Å². The summed E-state index contributed by atoms with van der Waals surface area (Å²) in [6.45, 7) is 3.23. The average Bonchev–Trinajstić information content (AvgIpc) is 2.70. The smallest absolute Gasteiger partial charge is 0.0445 e. The van der Waals surface area contributed by atoms with Crippen LogP contribution in [0.1, 0.15) is 18.9 Å². The topological polar surface area (TPSA) is 32.3 Å². The Bertz CT molecular complexity index is 452. The normalized spacial score (nSPS) is 13.1. The van der Waals surface area contributed by atoms with E-state index in [0.717, 1.165) is 13.0 Å². The molecule has 0 fully saturated rings. The highest BCUT2D eigenvalue weighted by molar-refractivity contribution is 7.17. The van der Waals surface area contributed by atoms with Gasteiger partial charge in [0.15, 0.2) is 0 Å². The zero-order valence-corrected chi connectivity index (χ0v) is 10.3. The van der Waals surface area contributed by atoms with Gasteiger partial charge in [-0.1, -0.05) is 18.2 Å². The van der Waals surface area contributed by atoms with E-state index >= 15 is 0 Å². The summed E-state index contributed by atoms with van der Waals surface area (Å²) in [5.41, 5.74) is 1.35. The molecule has 0 aliphatic carbocycles. The summed E-state index contributed by atoms with van der Waals surface area (Å²) in [6.07, 6.45) is 0.808. The third-order valence-electron chi connectivity index (χ3n) is 2.76.